The van der Waals surface area contributed by atoms with E-state index in [-0.39, 0.29) is 19.3 Å². The first-order chi connectivity index (χ1) is 11.5. The van der Waals surface area contributed by atoms with Crippen LogP contribution >= 0.6 is 0 Å². The molecule has 0 saturated carbocycles. The molecule has 0 spiro atoms. The number of aliphatic carboxylic acids is 1. The van der Waals surface area contributed by atoms with Crippen LogP contribution in [0.5, 0.6) is 0 Å². The largest absolute Gasteiger partial charge is 0.478 e. The van der Waals surface area contributed by atoms with Gasteiger partial charge in [0, 0.05) is 12.8 Å². The van der Waals surface area contributed by atoms with E-state index in [0.29, 0.717) is 19.3 Å². The molecule has 0 bridgehead atoms. The number of carboxylic acids is 1. The van der Waals surface area contributed by atoms with Gasteiger partial charge in [-0.1, -0.05) is 46.0 Å². The summed E-state index contributed by atoms with van der Waals surface area (Å²) in [5.41, 5.74) is -1.80. The van der Waals surface area contributed by atoms with Gasteiger partial charge in [-0.05, 0) is 25.7 Å². The maximum Gasteiger partial charge on any atom is 0.352 e. The van der Waals surface area contributed by atoms with Gasteiger partial charge < -0.3 is 14.6 Å². The van der Waals surface area contributed by atoms with Gasteiger partial charge in [-0.15, -0.1) is 0 Å². The lowest BCUT2D eigenvalue weighted by Gasteiger charge is -2.35. The Morgan fingerprint density at radius 1 is 1.04 bits per heavy atom. The molecule has 0 aromatic heterocycles. The van der Waals surface area contributed by atoms with Crippen LogP contribution in [0.4, 0.5) is 0 Å². The Morgan fingerprint density at radius 2 is 1.58 bits per heavy atom. The number of carbonyl (C=O) groups excluding carboxylic acids is 2. The molecule has 6 heteroatoms. The first-order valence-electron chi connectivity index (χ1n) is 9.11. The van der Waals surface area contributed by atoms with Crippen LogP contribution in [0, 0.1) is 0 Å². The highest BCUT2D eigenvalue weighted by Crippen LogP contribution is 2.29. The second kappa shape index (κ2) is 10.3. The van der Waals surface area contributed by atoms with E-state index in [1.807, 2.05) is 6.92 Å². The maximum atomic E-state index is 12.1. The predicted molar refractivity (Wildman–Crippen MR) is 88.5 cm³/mol. The van der Waals surface area contributed by atoms with Crippen LogP contribution in [0.25, 0.3) is 0 Å². The minimum Gasteiger partial charge on any atom is -0.478 e. The summed E-state index contributed by atoms with van der Waals surface area (Å²) in [5.74, 6) is -2.20. The van der Waals surface area contributed by atoms with Crippen molar-refractivity contribution in [2.24, 2.45) is 0 Å². The number of cyclic esters (lactones) is 2. The molecule has 2 atom stereocenters. The number of esters is 2. The highest BCUT2D eigenvalue weighted by Gasteiger charge is 2.50. The molecule has 0 amide bonds. The lowest BCUT2D eigenvalue weighted by atomic mass is 9.89. The molecule has 0 aromatic carbocycles. The Hall–Kier alpha value is -1.59. The normalized spacial score (nSPS) is 27.7. The zero-order chi connectivity index (χ0) is 18.0. The molecule has 2 unspecified atom stereocenters. The summed E-state index contributed by atoms with van der Waals surface area (Å²) in [6.45, 7) is 3.52. The molecule has 1 rings (SSSR count). The Labute approximate surface area is 143 Å². The number of ether oxygens (including phenoxy) is 2. The molecule has 1 heterocycles. The number of hydrogen-bond donors (Lipinski definition) is 1. The fourth-order valence-electron chi connectivity index (χ4n) is 3.07. The SMILES string of the molecule is CCCC1OC(=O)CCCCCCCCC(=O)OC1(CC)C(=O)O. The fraction of sp³-hybridized carbons (Fsp3) is 0.833. The lowest BCUT2D eigenvalue weighted by Crippen LogP contribution is -2.54. The summed E-state index contributed by atoms with van der Waals surface area (Å²) in [4.78, 5) is 36.1. The van der Waals surface area contributed by atoms with Crippen LogP contribution in [-0.4, -0.2) is 34.7 Å². The third-order valence-corrected chi connectivity index (χ3v) is 4.54. The summed E-state index contributed by atoms with van der Waals surface area (Å²) in [7, 11) is 0. The maximum absolute atomic E-state index is 12.1. The van der Waals surface area contributed by atoms with E-state index < -0.39 is 29.6 Å². The number of hydrogen-bond acceptors (Lipinski definition) is 5. The minimum atomic E-state index is -1.80. The zero-order valence-corrected chi connectivity index (χ0v) is 14.8. The van der Waals surface area contributed by atoms with E-state index in [9.17, 15) is 19.5 Å². The molecule has 138 valence electrons. The van der Waals surface area contributed by atoms with Gasteiger partial charge in [0.05, 0.1) is 0 Å². The molecule has 1 N–H and O–H groups in total. The number of carbonyl (C=O) groups is 3. The summed E-state index contributed by atoms with van der Waals surface area (Å²) < 4.78 is 10.8. The van der Waals surface area contributed by atoms with Crippen molar-refractivity contribution in [2.45, 2.75) is 96.2 Å². The molecular formula is C18H30O6. The highest BCUT2D eigenvalue weighted by atomic mass is 16.6. The van der Waals surface area contributed by atoms with Crippen molar-refractivity contribution in [2.75, 3.05) is 0 Å². The Bertz CT molecular complexity index is 433. The van der Waals surface area contributed by atoms with E-state index in [2.05, 4.69) is 0 Å². The molecule has 1 aliphatic heterocycles. The molecule has 1 fully saturated rings. The Balaban J connectivity index is 3.04. The van der Waals surface area contributed by atoms with E-state index in [1.165, 1.54) is 0 Å². The van der Waals surface area contributed by atoms with Crippen LogP contribution in [0.3, 0.4) is 0 Å². The van der Waals surface area contributed by atoms with Crippen LogP contribution in [0.1, 0.15) is 84.5 Å². The van der Waals surface area contributed by atoms with Crippen molar-refractivity contribution in [1.82, 2.24) is 0 Å². The molecule has 6 nitrogen and oxygen atoms in total. The number of carboxylic acid groups (broad SMARTS) is 1. The number of rotatable bonds is 4. The molecule has 0 aromatic rings. The van der Waals surface area contributed by atoms with Gasteiger partial charge in [-0.2, -0.15) is 0 Å². The fourth-order valence-corrected chi connectivity index (χ4v) is 3.07. The zero-order valence-electron chi connectivity index (χ0n) is 14.8. The average molecular weight is 342 g/mol. The molecule has 24 heavy (non-hydrogen) atoms. The third-order valence-electron chi connectivity index (χ3n) is 4.54. The van der Waals surface area contributed by atoms with Gasteiger partial charge >= 0.3 is 17.9 Å². The van der Waals surface area contributed by atoms with E-state index in [4.69, 9.17) is 9.47 Å². The summed E-state index contributed by atoms with van der Waals surface area (Å²) in [5, 5.41) is 9.73. The van der Waals surface area contributed by atoms with Crippen molar-refractivity contribution >= 4 is 17.9 Å². The quantitative estimate of drug-likeness (QED) is 0.785. The summed E-state index contributed by atoms with van der Waals surface area (Å²) >= 11 is 0. The van der Waals surface area contributed by atoms with Gasteiger partial charge in [0.25, 0.3) is 0 Å². The molecule has 1 saturated heterocycles. The van der Waals surface area contributed by atoms with Gasteiger partial charge in [0.2, 0.25) is 5.60 Å². The van der Waals surface area contributed by atoms with E-state index in [0.717, 1.165) is 32.1 Å². The Kier molecular flexibility index (Phi) is 8.79. The van der Waals surface area contributed by atoms with E-state index >= 15 is 0 Å². The minimum absolute atomic E-state index is 0.0615. The topological polar surface area (TPSA) is 89.9 Å². The van der Waals surface area contributed by atoms with Crippen LogP contribution < -0.4 is 0 Å². The van der Waals surface area contributed by atoms with Crippen molar-refractivity contribution in [1.29, 1.82) is 0 Å². The van der Waals surface area contributed by atoms with Gasteiger partial charge in [0.1, 0.15) is 0 Å². The Morgan fingerprint density at radius 3 is 2.08 bits per heavy atom. The molecule has 0 radical (unpaired) electrons. The van der Waals surface area contributed by atoms with Crippen molar-refractivity contribution < 1.29 is 29.0 Å². The summed E-state index contributed by atoms with van der Waals surface area (Å²) in [6.07, 6.45) is 5.85. The predicted octanol–water partition coefficient (Wildman–Crippen LogP) is 3.61. The molecule has 0 aliphatic carbocycles. The smallest absolute Gasteiger partial charge is 0.352 e. The second-order valence-electron chi connectivity index (χ2n) is 6.41. The highest BCUT2D eigenvalue weighted by molar-refractivity contribution is 5.83. The molecular weight excluding hydrogens is 312 g/mol. The third kappa shape index (κ3) is 5.80. The van der Waals surface area contributed by atoms with Gasteiger partial charge in [-0.3, -0.25) is 9.59 Å². The van der Waals surface area contributed by atoms with E-state index in [1.54, 1.807) is 6.92 Å². The van der Waals surface area contributed by atoms with Crippen molar-refractivity contribution in [3.8, 4) is 0 Å². The first kappa shape index (κ1) is 20.5. The van der Waals surface area contributed by atoms with Crippen LogP contribution in [0.15, 0.2) is 0 Å². The van der Waals surface area contributed by atoms with Gasteiger partial charge in [0.15, 0.2) is 6.10 Å². The van der Waals surface area contributed by atoms with Crippen LogP contribution in [-0.2, 0) is 23.9 Å². The standard InChI is InChI=1S/C18H30O6/c1-3-11-14-18(4-2,17(21)22)24-16(20)13-10-8-6-5-7-9-12-15(19)23-14/h14H,3-13H2,1-2H3,(H,21,22). The van der Waals surface area contributed by atoms with Crippen molar-refractivity contribution in [3.05, 3.63) is 0 Å². The second-order valence-corrected chi connectivity index (χ2v) is 6.41. The average Bonchev–Trinajstić information content (AvgIpc) is 2.53. The lowest BCUT2D eigenvalue weighted by molar-refractivity contribution is -0.202. The summed E-state index contributed by atoms with van der Waals surface area (Å²) in [6, 6.07) is 0. The van der Waals surface area contributed by atoms with Gasteiger partial charge in [-0.25, -0.2) is 4.79 Å². The van der Waals surface area contributed by atoms with Crippen LogP contribution in [0.2, 0.25) is 0 Å². The monoisotopic (exact) mass is 342 g/mol. The van der Waals surface area contributed by atoms with Crippen molar-refractivity contribution in [3.63, 3.8) is 0 Å². The molecule has 1 aliphatic rings. The first-order valence-corrected chi connectivity index (χ1v) is 9.11.